The third-order valence-electron chi connectivity index (χ3n) is 3.00. The molecule has 0 amide bonds. The normalized spacial score (nSPS) is 13.4. The fourth-order valence-corrected chi connectivity index (χ4v) is 2.09. The van der Waals surface area contributed by atoms with Gasteiger partial charge in [0.1, 0.15) is 11.5 Å². The molecule has 0 fully saturated rings. The monoisotopic (exact) mass is 283 g/mol. The Morgan fingerprint density at radius 2 is 1.95 bits per heavy atom. The second-order valence-corrected chi connectivity index (χ2v) is 4.56. The summed E-state index contributed by atoms with van der Waals surface area (Å²) in [5.41, 5.74) is -0.114. The summed E-state index contributed by atoms with van der Waals surface area (Å²) in [7, 11) is 0. The Labute approximate surface area is 115 Å². The van der Waals surface area contributed by atoms with Crippen LogP contribution >= 0.6 is 0 Å². The van der Waals surface area contributed by atoms with Crippen molar-refractivity contribution in [1.82, 2.24) is 5.32 Å². The molecule has 0 saturated heterocycles. The summed E-state index contributed by atoms with van der Waals surface area (Å²) in [5, 5.41) is 3.15. The molecule has 0 radical (unpaired) electrons. The molecule has 0 saturated carbocycles. The summed E-state index contributed by atoms with van der Waals surface area (Å²) < 4.78 is 43.9. The van der Waals surface area contributed by atoms with Crippen LogP contribution in [0.1, 0.15) is 35.6 Å². The average molecular weight is 283 g/mol. The number of furan rings is 1. The maximum Gasteiger partial charge on any atom is 0.416 e. The lowest BCUT2D eigenvalue weighted by atomic mass is 10.0. The lowest BCUT2D eigenvalue weighted by Crippen LogP contribution is -2.22. The van der Waals surface area contributed by atoms with E-state index in [0.717, 1.165) is 17.9 Å². The molecule has 0 bridgehead atoms. The van der Waals surface area contributed by atoms with Crippen molar-refractivity contribution in [3.05, 3.63) is 59.0 Å². The minimum Gasteiger partial charge on any atom is -0.464 e. The second kappa shape index (κ2) is 5.71. The zero-order valence-corrected chi connectivity index (χ0v) is 11.3. The number of rotatable bonds is 4. The van der Waals surface area contributed by atoms with Crippen molar-refractivity contribution in [3.63, 3.8) is 0 Å². The summed E-state index contributed by atoms with van der Waals surface area (Å²) in [4.78, 5) is 0. The van der Waals surface area contributed by atoms with Gasteiger partial charge in [0.15, 0.2) is 0 Å². The van der Waals surface area contributed by atoms with Gasteiger partial charge in [-0.3, -0.25) is 0 Å². The van der Waals surface area contributed by atoms with Gasteiger partial charge in [0.2, 0.25) is 0 Å². The molecule has 20 heavy (non-hydrogen) atoms. The standard InChI is InChI=1S/C15H16F3NO/c1-3-19-14(13-8-7-10(2)20-13)11-5-4-6-12(9-11)15(16,17)18/h4-9,14,19H,3H2,1-2H3. The van der Waals surface area contributed by atoms with E-state index in [9.17, 15) is 13.2 Å². The van der Waals surface area contributed by atoms with Crippen molar-refractivity contribution in [2.45, 2.75) is 26.1 Å². The average Bonchev–Trinajstić information content (AvgIpc) is 2.81. The second-order valence-electron chi connectivity index (χ2n) is 4.56. The van der Waals surface area contributed by atoms with E-state index in [0.29, 0.717) is 17.9 Å². The molecule has 1 aromatic heterocycles. The van der Waals surface area contributed by atoms with Crippen LogP contribution < -0.4 is 5.32 Å². The molecular formula is C15H16F3NO. The van der Waals surface area contributed by atoms with Crippen LogP contribution in [0.25, 0.3) is 0 Å². The lowest BCUT2D eigenvalue weighted by Gasteiger charge is -2.17. The van der Waals surface area contributed by atoms with E-state index >= 15 is 0 Å². The Balaban J connectivity index is 2.39. The molecule has 108 valence electrons. The Bertz CT molecular complexity index is 574. The van der Waals surface area contributed by atoms with Crippen LogP contribution in [0.15, 0.2) is 40.8 Å². The SMILES string of the molecule is CCNC(c1cccc(C(F)(F)F)c1)c1ccc(C)o1. The van der Waals surface area contributed by atoms with Crippen molar-refractivity contribution in [3.8, 4) is 0 Å². The molecule has 0 aliphatic rings. The Hall–Kier alpha value is -1.75. The van der Waals surface area contributed by atoms with Gasteiger partial charge in [-0.2, -0.15) is 13.2 Å². The van der Waals surface area contributed by atoms with E-state index in [1.54, 1.807) is 25.1 Å². The van der Waals surface area contributed by atoms with E-state index in [1.165, 1.54) is 6.07 Å². The molecular weight excluding hydrogens is 267 g/mol. The Kier molecular flexibility index (Phi) is 4.18. The topological polar surface area (TPSA) is 25.2 Å². The van der Waals surface area contributed by atoms with Gasteiger partial charge in [0.25, 0.3) is 0 Å². The first-order chi connectivity index (χ1) is 9.41. The highest BCUT2D eigenvalue weighted by molar-refractivity contribution is 5.32. The first kappa shape index (κ1) is 14.7. The molecule has 2 nitrogen and oxygen atoms in total. The lowest BCUT2D eigenvalue weighted by molar-refractivity contribution is -0.137. The molecule has 0 spiro atoms. The molecule has 1 aromatic carbocycles. The van der Waals surface area contributed by atoms with Gasteiger partial charge in [0.05, 0.1) is 11.6 Å². The van der Waals surface area contributed by atoms with Gasteiger partial charge in [-0.15, -0.1) is 0 Å². The summed E-state index contributed by atoms with van der Waals surface area (Å²) in [5.74, 6) is 1.35. The number of hydrogen-bond donors (Lipinski definition) is 1. The van der Waals surface area contributed by atoms with Gasteiger partial charge in [-0.05, 0) is 43.3 Å². The maximum atomic E-state index is 12.8. The van der Waals surface area contributed by atoms with E-state index in [4.69, 9.17) is 4.42 Å². The van der Waals surface area contributed by atoms with Crippen molar-refractivity contribution in [1.29, 1.82) is 0 Å². The van der Waals surface area contributed by atoms with E-state index in [1.807, 2.05) is 6.92 Å². The number of halogens is 3. The minimum absolute atomic E-state index is 0.379. The van der Waals surface area contributed by atoms with Gasteiger partial charge < -0.3 is 9.73 Å². The van der Waals surface area contributed by atoms with Crippen LogP contribution in [0.3, 0.4) is 0 Å². The minimum atomic E-state index is -4.34. The van der Waals surface area contributed by atoms with E-state index in [-0.39, 0.29) is 6.04 Å². The van der Waals surface area contributed by atoms with Gasteiger partial charge >= 0.3 is 6.18 Å². The van der Waals surface area contributed by atoms with E-state index < -0.39 is 11.7 Å². The zero-order valence-electron chi connectivity index (χ0n) is 11.3. The van der Waals surface area contributed by atoms with Crippen molar-refractivity contribution >= 4 is 0 Å². The van der Waals surface area contributed by atoms with Crippen LogP contribution in [-0.4, -0.2) is 6.54 Å². The third-order valence-corrected chi connectivity index (χ3v) is 3.00. The Morgan fingerprint density at radius 3 is 2.50 bits per heavy atom. The number of nitrogens with one attached hydrogen (secondary N) is 1. The number of hydrogen-bond acceptors (Lipinski definition) is 2. The van der Waals surface area contributed by atoms with Crippen LogP contribution in [0.2, 0.25) is 0 Å². The van der Waals surface area contributed by atoms with Crippen LogP contribution in [-0.2, 0) is 6.18 Å². The molecule has 0 aliphatic carbocycles. The predicted molar refractivity (Wildman–Crippen MR) is 70.4 cm³/mol. The summed E-state index contributed by atoms with van der Waals surface area (Å²) in [6.45, 7) is 4.33. The van der Waals surface area contributed by atoms with Crippen molar-refractivity contribution in [2.75, 3.05) is 6.54 Å². The number of benzene rings is 1. The molecule has 1 atom stereocenters. The molecule has 1 unspecified atom stereocenters. The van der Waals surface area contributed by atoms with Crippen molar-refractivity contribution in [2.24, 2.45) is 0 Å². The van der Waals surface area contributed by atoms with Gasteiger partial charge in [-0.1, -0.05) is 19.1 Å². The third kappa shape index (κ3) is 3.22. The first-order valence-electron chi connectivity index (χ1n) is 6.38. The molecule has 1 heterocycles. The molecule has 2 aromatic rings. The van der Waals surface area contributed by atoms with Crippen LogP contribution in [0.4, 0.5) is 13.2 Å². The summed E-state index contributed by atoms with van der Waals surface area (Å²) in [6.07, 6.45) is -4.34. The largest absolute Gasteiger partial charge is 0.464 e. The fourth-order valence-electron chi connectivity index (χ4n) is 2.09. The number of aryl methyl sites for hydroxylation is 1. The molecule has 1 N–H and O–H groups in total. The maximum absolute atomic E-state index is 12.8. The van der Waals surface area contributed by atoms with Crippen molar-refractivity contribution < 1.29 is 17.6 Å². The van der Waals surface area contributed by atoms with E-state index in [2.05, 4.69) is 5.32 Å². The highest BCUT2D eigenvalue weighted by Gasteiger charge is 2.31. The summed E-state index contributed by atoms with van der Waals surface area (Å²) >= 11 is 0. The molecule has 0 aliphatic heterocycles. The van der Waals surface area contributed by atoms with Crippen LogP contribution in [0.5, 0.6) is 0 Å². The highest BCUT2D eigenvalue weighted by Crippen LogP contribution is 2.32. The highest BCUT2D eigenvalue weighted by atomic mass is 19.4. The van der Waals surface area contributed by atoms with Gasteiger partial charge in [0, 0.05) is 0 Å². The first-order valence-corrected chi connectivity index (χ1v) is 6.38. The number of alkyl halides is 3. The zero-order chi connectivity index (χ0) is 14.8. The predicted octanol–water partition coefficient (Wildman–Crippen LogP) is 4.31. The molecule has 5 heteroatoms. The van der Waals surface area contributed by atoms with Gasteiger partial charge in [-0.25, -0.2) is 0 Å². The van der Waals surface area contributed by atoms with Crippen LogP contribution in [0, 0.1) is 6.92 Å². The smallest absolute Gasteiger partial charge is 0.416 e. The summed E-state index contributed by atoms with van der Waals surface area (Å²) in [6, 6.07) is 8.51. The molecule has 2 rings (SSSR count). The fraction of sp³-hybridized carbons (Fsp3) is 0.333. The quantitative estimate of drug-likeness (QED) is 0.904. The Morgan fingerprint density at radius 1 is 1.20 bits per heavy atom.